The van der Waals surface area contributed by atoms with E-state index in [0.29, 0.717) is 0 Å². The van der Waals surface area contributed by atoms with Gasteiger partial charge in [0.25, 0.3) is 0 Å². The lowest BCUT2D eigenvalue weighted by molar-refractivity contribution is 0.481. The fraction of sp³-hybridized carbons (Fsp3) is 0.625. The third-order valence-corrected chi connectivity index (χ3v) is 3.43. The predicted molar refractivity (Wildman–Crippen MR) is 45.4 cm³/mol. The maximum absolute atomic E-state index is 4.30. The summed E-state index contributed by atoms with van der Waals surface area (Å²) in [6.07, 6.45) is 4.66. The van der Waals surface area contributed by atoms with Crippen LogP contribution >= 0.6 is 15.9 Å². The predicted octanol–water partition coefficient (Wildman–Crippen LogP) is 2.15. The normalized spacial score (nSPS) is 32.8. The van der Waals surface area contributed by atoms with E-state index in [2.05, 4.69) is 25.7 Å². The van der Waals surface area contributed by atoms with E-state index in [4.69, 9.17) is 0 Å². The van der Waals surface area contributed by atoms with Crippen molar-refractivity contribution >= 4 is 15.9 Å². The summed E-state index contributed by atoms with van der Waals surface area (Å²) in [7, 11) is 0. The second-order valence-corrected chi connectivity index (χ2v) is 4.35. The highest BCUT2D eigenvalue weighted by Crippen LogP contribution is 2.54. The fourth-order valence-corrected chi connectivity index (χ4v) is 2.70. The highest BCUT2D eigenvalue weighted by atomic mass is 79.9. The van der Waals surface area contributed by atoms with E-state index >= 15 is 0 Å². The average Bonchev–Trinajstić information content (AvgIpc) is 2.71. The first-order chi connectivity index (χ1) is 5.36. The summed E-state index contributed by atoms with van der Waals surface area (Å²) in [5.74, 6) is 1.82. The smallest absolute Gasteiger partial charge is 0.0635 e. The SMILES string of the molecule is Brc1cnn2c1C1CC1CC2. The Balaban J connectivity index is 2.18. The van der Waals surface area contributed by atoms with Crippen LogP contribution in [0.4, 0.5) is 0 Å². The number of nitrogens with zero attached hydrogens (tertiary/aromatic N) is 2. The zero-order chi connectivity index (χ0) is 7.42. The van der Waals surface area contributed by atoms with Crippen LogP contribution in [0, 0.1) is 5.92 Å². The van der Waals surface area contributed by atoms with Crippen LogP contribution in [-0.2, 0) is 6.54 Å². The molecular formula is C8H9BrN2. The molecular weight excluding hydrogens is 204 g/mol. The van der Waals surface area contributed by atoms with Gasteiger partial charge in [-0.05, 0) is 34.7 Å². The topological polar surface area (TPSA) is 17.8 Å². The average molecular weight is 213 g/mol. The minimum absolute atomic E-state index is 0.834. The van der Waals surface area contributed by atoms with Gasteiger partial charge in [-0.25, -0.2) is 0 Å². The van der Waals surface area contributed by atoms with Gasteiger partial charge in [-0.3, -0.25) is 4.68 Å². The molecule has 0 spiro atoms. The van der Waals surface area contributed by atoms with E-state index in [1.54, 1.807) is 0 Å². The number of halogens is 1. The van der Waals surface area contributed by atoms with Crippen molar-refractivity contribution in [1.82, 2.24) is 9.78 Å². The van der Waals surface area contributed by atoms with Crippen LogP contribution in [0.5, 0.6) is 0 Å². The number of rotatable bonds is 0. The van der Waals surface area contributed by atoms with Gasteiger partial charge in [0, 0.05) is 12.5 Å². The van der Waals surface area contributed by atoms with Gasteiger partial charge in [0.15, 0.2) is 0 Å². The van der Waals surface area contributed by atoms with E-state index in [0.717, 1.165) is 18.4 Å². The van der Waals surface area contributed by atoms with Gasteiger partial charge in [0.05, 0.1) is 16.4 Å². The Morgan fingerprint density at radius 3 is 3.45 bits per heavy atom. The molecule has 1 aromatic rings. The molecule has 0 aromatic carbocycles. The van der Waals surface area contributed by atoms with Gasteiger partial charge in [0.1, 0.15) is 0 Å². The molecule has 1 saturated carbocycles. The number of fused-ring (bicyclic) bond motifs is 3. The molecule has 2 unspecified atom stereocenters. The van der Waals surface area contributed by atoms with E-state index in [1.165, 1.54) is 23.0 Å². The first kappa shape index (κ1) is 6.23. The summed E-state index contributed by atoms with van der Waals surface area (Å²) < 4.78 is 3.36. The molecule has 1 aliphatic carbocycles. The maximum atomic E-state index is 4.30. The minimum Gasteiger partial charge on any atom is -0.268 e. The zero-order valence-electron chi connectivity index (χ0n) is 6.13. The van der Waals surface area contributed by atoms with Gasteiger partial charge in [-0.1, -0.05) is 0 Å². The fourth-order valence-electron chi connectivity index (χ4n) is 2.11. The molecule has 58 valence electrons. The molecule has 0 saturated heterocycles. The molecule has 2 heterocycles. The summed E-state index contributed by atoms with van der Waals surface area (Å²) in [5, 5.41) is 4.30. The first-order valence-corrected chi connectivity index (χ1v) is 4.87. The molecule has 11 heavy (non-hydrogen) atoms. The number of hydrogen-bond acceptors (Lipinski definition) is 1. The number of hydrogen-bond donors (Lipinski definition) is 0. The van der Waals surface area contributed by atoms with Crippen molar-refractivity contribution in [3.05, 3.63) is 16.4 Å². The monoisotopic (exact) mass is 212 g/mol. The van der Waals surface area contributed by atoms with E-state index < -0.39 is 0 Å². The minimum atomic E-state index is 0.834. The third-order valence-electron chi connectivity index (χ3n) is 2.82. The summed E-state index contributed by atoms with van der Waals surface area (Å²) in [6.45, 7) is 1.13. The Bertz CT molecular complexity index is 305. The Labute approximate surface area is 73.7 Å². The highest BCUT2D eigenvalue weighted by molar-refractivity contribution is 9.10. The standard InChI is InChI=1S/C8H9BrN2/c9-7-4-10-11-2-1-5-3-6(5)8(7)11/h4-6H,1-3H2. The maximum Gasteiger partial charge on any atom is 0.0635 e. The molecule has 2 nitrogen and oxygen atoms in total. The Morgan fingerprint density at radius 1 is 1.64 bits per heavy atom. The van der Waals surface area contributed by atoms with Crippen molar-refractivity contribution in [2.75, 3.05) is 0 Å². The quantitative estimate of drug-likeness (QED) is 0.645. The summed E-state index contributed by atoms with van der Waals surface area (Å²) >= 11 is 3.54. The summed E-state index contributed by atoms with van der Waals surface area (Å²) in [4.78, 5) is 0. The Kier molecular flexibility index (Phi) is 1.07. The van der Waals surface area contributed by atoms with Crippen molar-refractivity contribution in [1.29, 1.82) is 0 Å². The molecule has 0 amide bonds. The largest absolute Gasteiger partial charge is 0.268 e. The lowest BCUT2D eigenvalue weighted by Crippen LogP contribution is -2.10. The van der Waals surface area contributed by atoms with Crippen LogP contribution in [-0.4, -0.2) is 9.78 Å². The molecule has 0 bridgehead atoms. The second-order valence-electron chi connectivity index (χ2n) is 3.49. The van der Waals surface area contributed by atoms with Crippen molar-refractivity contribution < 1.29 is 0 Å². The summed E-state index contributed by atoms with van der Waals surface area (Å²) in [6, 6.07) is 0. The number of aromatic nitrogens is 2. The van der Waals surface area contributed by atoms with Crippen molar-refractivity contribution in [3.8, 4) is 0 Å². The van der Waals surface area contributed by atoms with Gasteiger partial charge in [-0.2, -0.15) is 5.10 Å². The lowest BCUT2D eigenvalue weighted by atomic mass is 10.1. The van der Waals surface area contributed by atoms with Gasteiger partial charge in [-0.15, -0.1) is 0 Å². The van der Waals surface area contributed by atoms with Crippen molar-refractivity contribution in [3.63, 3.8) is 0 Å². The third kappa shape index (κ3) is 0.747. The molecule has 2 atom stereocenters. The second kappa shape index (κ2) is 1.89. The summed E-state index contributed by atoms with van der Waals surface area (Å²) in [5.41, 5.74) is 1.45. The van der Waals surface area contributed by atoms with Crippen LogP contribution in [0.1, 0.15) is 24.5 Å². The van der Waals surface area contributed by atoms with Gasteiger partial charge >= 0.3 is 0 Å². The Hall–Kier alpha value is -0.310. The van der Waals surface area contributed by atoms with Crippen LogP contribution in [0.25, 0.3) is 0 Å². The van der Waals surface area contributed by atoms with Crippen molar-refractivity contribution in [2.45, 2.75) is 25.3 Å². The van der Waals surface area contributed by atoms with Gasteiger partial charge in [0.2, 0.25) is 0 Å². The van der Waals surface area contributed by atoms with Crippen molar-refractivity contribution in [2.24, 2.45) is 5.92 Å². The molecule has 2 aliphatic rings. The zero-order valence-corrected chi connectivity index (χ0v) is 7.71. The van der Waals surface area contributed by atoms with Crippen LogP contribution < -0.4 is 0 Å². The van der Waals surface area contributed by atoms with E-state index in [-0.39, 0.29) is 0 Å². The highest BCUT2D eigenvalue weighted by Gasteiger charge is 2.44. The van der Waals surface area contributed by atoms with Crippen LogP contribution in [0.15, 0.2) is 10.7 Å². The van der Waals surface area contributed by atoms with E-state index in [9.17, 15) is 0 Å². The van der Waals surface area contributed by atoms with Crippen LogP contribution in [0.3, 0.4) is 0 Å². The molecule has 1 fully saturated rings. The van der Waals surface area contributed by atoms with Gasteiger partial charge < -0.3 is 0 Å². The molecule has 1 aromatic heterocycles. The first-order valence-electron chi connectivity index (χ1n) is 4.07. The molecule has 3 heteroatoms. The molecule has 0 radical (unpaired) electrons. The molecule has 0 N–H and O–H groups in total. The van der Waals surface area contributed by atoms with Crippen LogP contribution in [0.2, 0.25) is 0 Å². The Morgan fingerprint density at radius 2 is 2.55 bits per heavy atom. The lowest BCUT2D eigenvalue weighted by Gasteiger charge is -2.12. The number of aryl methyl sites for hydroxylation is 1. The van der Waals surface area contributed by atoms with E-state index in [1.807, 2.05) is 6.20 Å². The molecule has 1 aliphatic heterocycles. The molecule has 3 rings (SSSR count).